The molecule has 3 N–H and O–H groups in total. The van der Waals surface area contributed by atoms with E-state index < -0.39 is 0 Å². The minimum Gasteiger partial charge on any atom is -0.386 e. The van der Waals surface area contributed by atoms with E-state index in [1.54, 1.807) is 13.1 Å². The van der Waals surface area contributed by atoms with Crippen LogP contribution in [0.1, 0.15) is 18.9 Å². The van der Waals surface area contributed by atoms with Crippen molar-refractivity contribution in [3.8, 4) is 11.1 Å². The maximum atomic E-state index is 14.3. The van der Waals surface area contributed by atoms with Crippen molar-refractivity contribution in [2.75, 3.05) is 38.2 Å². The van der Waals surface area contributed by atoms with Crippen LogP contribution >= 0.6 is 0 Å². The lowest BCUT2D eigenvalue weighted by Crippen LogP contribution is -2.31. The highest BCUT2D eigenvalue weighted by Gasteiger charge is 2.23. The number of halogens is 1. The first kappa shape index (κ1) is 16.8. The van der Waals surface area contributed by atoms with Crippen molar-refractivity contribution in [2.45, 2.75) is 18.9 Å². The molecule has 6 nitrogen and oxygen atoms in total. The Morgan fingerprint density at radius 2 is 2.00 bits per heavy atom. The monoisotopic (exact) mass is 354 g/mol. The van der Waals surface area contributed by atoms with Gasteiger partial charge in [0.15, 0.2) is 0 Å². The summed E-state index contributed by atoms with van der Waals surface area (Å²) in [6.07, 6.45) is 5.66. The maximum absolute atomic E-state index is 14.3. The van der Waals surface area contributed by atoms with Gasteiger partial charge < -0.3 is 20.5 Å². The van der Waals surface area contributed by atoms with E-state index in [-0.39, 0.29) is 5.82 Å². The van der Waals surface area contributed by atoms with E-state index in [2.05, 4.69) is 38.0 Å². The van der Waals surface area contributed by atoms with Crippen LogP contribution in [0.15, 0.2) is 30.7 Å². The first-order valence-electron chi connectivity index (χ1n) is 8.85. The quantitative estimate of drug-likeness (QED) is 0.756. The van der Waals surface area contributed by atoms with E-state index >= 15 is 0 Å². The largest absolute Gasteiger partial charge is 0.386 e. The van der Waals surface area contributed by atoms with Gasteiger partial charge in [-0.3, -0.25) is 0 Å². The number of nitrogens with zero attached hydrogens (tertiary/aromatic N) is 4. The third-order valence-corrected chi connectivity index (χ3v) is 5.27. The molecule has 26 heavy (non-hydrogen) atoms. The molecule has 0 bridgehead atoms. The normalized spacial score (nSPS) is 16.3. The second kappa shape index (κ2) is 6.57. The van der Waals surface area contributed by atoms with Gasteiger partial charge in [-0.05, 0) is 50.7 Å². The fraction of sp³-hybridized carbons (Fsp3) is 0.368. The molecule has 3 aromatic rings. The van der Waals surface area contributed by atoms with Gasteiger partial charge in [-0.15, -0.1) is 0 Å². The minimum absolute atomic E-state index is 0.291. The fourth-order valence-electron chi connectivity index (χ4n) is 3.76. The molecule has 0 saturated carbocycles. The van der Waals surface area contributed by atoms with Gasteiger partial charge in [0, 0.05) is 24.8 Å². The lowest BCUT2D eigenvalue weighted by atomic mass is 10.1. The molecule has 1 fully saturated rings. The molecule has 1 saturated heterocycles. The van der Waals surface area contributed by atoms with Crippen LogP contribution in [-0.2, 0) is 0 Å². The number of rotatable bonds is 3. The molecule has 1 aliphatic heterocycles. The second-order valence-electron chi connectivity index (χ2n) is 6.89. The van der Waals surface area contributed by atoms with Gasteiger partial charge >= 0.3 is 0 Å². The summed E-state index contributed by atoms with van der Waals surface area (Å²) in [6.45, 7) is 2.09. The average molecular weight is 354 g/mol. The van der Waals surface area contributed by atoms with Gasteiger partial charge in [0.05, 0.1) is 11.1 Å². The van der Waals surface area contributed by atoms with E-state index in [9.17, 15) is 4.39 Å². The van der Waals surface area contributed by atoms with Gasteiger partial charge in [0.2, 0.25) is 0 Å². The second-order valence-corrected chi connectivity index (χ2v) is 6.89. The van der Waals surface area contributed by atoms with Crippen molar-refractivity contribution in [1.29, 1.82) is 0 Å². The molecule has 1 aromatic carbocycles. The van der Waals surface area contributed by atoms with Crippen LogP contribution in [0.3, 0.4) is 0 Å². The van der Waals surface area contributed by atoms with E-state index in [0.717, 1.165) is 48.1 Å². The van der Waals surface area contributed by atoms with Crippen molar-refractivity contribution in [1.82, 2.24) is 19.4 Å². The first-order valence-corrected chi connectivity index (χ1v) is 8.85. The zero-order valence-electron chi connectivity index (χ0n) is 15.0. The zero-order chi connectivity index (χ0) is 18.3. The van der Waals surface area contributed by atoms with Gasteiger partial charge in [0.25, 0.3) is 0 Å². The number of hydrogen-bond donors (Lipinski definition) is 2. The molecule has 0 amide bonds. The lowest BCUT2D eigenvalue weighted by molar-refractivity contribution is 0.224. The fourth-order valence-corrected chi connectivity index (χ4v) is 3.76. The SMILES string of the molecule is CNc1ccc(-c2cn(C3CCN(C)CC3)c3ncnc(N)c23)cc1F. The van der Waals surface area contributed by atoms with Crippen LogP contribution in [0.2, 0.25) is 0 Å². The number of nitrogens with one attached hydrogen (secondary N) is 1. The average Bonchev–Trinajstić information content (AvgIpc) is 3.03. The lowest BCUT2D eigenvalue weighted by Gasteiger charge is -2.30. The van der Waals surface area contributed by atoms with Crippen molar-refractivity contribution in [2.24, 2.45) is 0 Å². The van der Waals surface area contributed by atoms with Crippen molar-refractivity contribution < 1.29 is 4.39 Å². The zero-order valence-corrected chi connectivity index (χ0v) is 15.0. The van der Waals surface area contributed by atoms with E-state index in [0.29, 0.717) is 17.5 Å². The maximum Gasteiger partial charge on any atom is 0.146 e. The van der Waals surface area contributed by atoms with Gasteiger partial charge in [-0.25, -0.2) is 14.4 Å². The summed E-state index contributed by atoms with van der Waals surface area (Å²) in [5.41, 5.74) is 9.11. The first-order chi connectivity index (χ1) is 12.6. The number of nitrogens with two attached hydrogens (primary N) is 1. The Balaban J connectivity index is 1.86. The molecule has 3 heterocycles. The Morgan fingerprint density at radius 3 is 2.69 bits per heavy atom. The van der Waals surface area contributed by atoms with E-state index in [4.69, 9.17) is 5.73 Å². The van der Waals surface area contributed by atoms with Crippen molar-refractivity contribution in [3.63, 3.8) is 0 Å². The number of benzene rings is 1. The molecular formula is C19H23FN6. The van der Waals surface area contributed by atoms with Crippen molar-refractivity contribution in [3.05, 3.63) is 36.5 Å². The Morgan fingerprint density at radius 1 is 1.23 bits per heavy atom. The predicted molar refractivity (Wildman–Crippen MR) is 103 cm³/mol. The summed E-state index contributed by atoms with van der Waals surface area (Å²) in [7, 11) is 3.84. The molecule has 2 aromatic heterocycles. The minimum atomic E-state index is -0.291. The third-order valence-electron chi connectivity index (χ3n) is 5.27. The smallest absolute Gasteiger partial charge is 0.146 e. The highest BCUT2D eigenvalue weighted by Crippen LogP contribution is 2.37. The summed E-state index contributed by atoms with van der Waals surface area (Å²) in [4.78, 5) is 11.0. The molecule has 1 aliphatic rings. The van der Waals surface area contributed by atoms with Crippen LogP contribution < -0.4 is 11.1 Å². The van der Waals surface area contributed by atoms with E-state index in [1.165, 1.54) is 12.4 Å². The predicted octanol–water partition coefficient (Wildman–Crippen LogP) is 3.13. The van der Waals surface area contributed by atoms with Gasteiger partial charge in [-0.1, -0.05) is 6.07 Å². The number of fused-ring (bicyclic) bond motifs is 1. The molecule has 0 unspecified atom stereocenters. The van der Waals surface area contributed by atoms with Crippen LogP contribution in [-0.4, -0.2) is 46.6 Å². The number of nitrogen functional groups attached to an aromatic ring is 1. The van der Waals surface area contributed by atoms with Gasteiger partial charge in [-0.2, -0.15) is 0 Å². The Labute approximate surface area is 151 Å². The van der Waals surface area contributed by atoms with Crippen molar-refractivity contribution >= 4 is 22.5 Å². The number of likely N-dealkylation sites (tertiary alicyclic amines) is 1. The molecular weight excluding hydrogens is 331 g/mol. The molecule has 7 heteroatoms. The highest BCUT2D eigenvalue weighted by atomic mass is 19.1. The molecule has 0 atom stereocenters. The topological polar surface area (TPSA) is 72.0 Å². The number of piperidine rings is 1. The Bertz CT molecular complexity index is 943. The van der Waals surface area contributed by atoms with Crippen LogP contribution in [0.5, 0.6) is 0 Å². The van der Waals surface area contributed by atoms with Gasteiger partial charge in [0.1, 0.15) is 23.6 Å². The molecule has 0 aliphatic carbocycles. The number of aromatic nitrogens is 3. The third kappa shape index (κ3) is 2.78. The molecule has 0 radical (unpaired) electrons. The van der Waals surface area contributed by atoms with Crippen LogP contribution in [0, 0.1) is 5.82 Å². The summed E-state index contributed by atoms with van der Waals surface area (Å²) >= 11 is 0. The molecule has 136 valence electrons. The summed E-state index contributed by atoms with van der Waals surface area (Å²) < 4.78 is 16.5. The van der Waals surface area contributed by atoms with Crippen LogP contribution in [0.4, 0.5) is 15.9 Å². The number of hydrogen-bond acceptors (Lipinski definition) is 5. The summed E-state index contributed by atoms with van der Waals surface area (Å²) in [5, 5.41) is 3.64. The number of anilines is 2. The summed E-state index contributed by atoms with van der Waals surface area (Å²) in [5.74, 6) is 0.135. The standard InChI is InChI=1S/C19H23FN6/c1-22-16-4-3-12(9-15(16)20)14-10-26(13-5-7-25(2)8-6-13)19-17(14)18(21)23-11-24-19/h3-4,9-11,13,22H,5-8H2,1-2H3,(H2,21,23,24). The highest BCUT2D eigenvalue weighted by molar-refractivity contribution is 6.00. The summed E-state index contributed by atoms with van der Waals surface area (Å²) in [6, 6.07) is 5.53. The van der Waals surface area contributed by atoms with Crippen LogP contribution in [0.25, 0.3) is 22.2 Å². The Kier molecular flexibility index (Phi) is 4.24. The van der Waals surface area contributed by atoms with E-state index in [1.807, 2.05) is 6.07 Å². The molecule has 4 rings (SSSR count). The Hall–Kier alpha value is -2.67. The molecule has 0 spiro atoms.